The van der Waals surface area contributed by atoms with Crippen molar-refractivity contribution in [2.75, 3.05) is 6.79 Å². The van der Waals surface area contributed by atoms with Gasteiger partial charge in [0.2, 0.25) is 0 Å². The Morgan fingerprint density at radius 1 is 1.50 bits per heavy atom. The van der Waals surface area contributed by atoms with Gasteiger partial charge >= 0.3 is 6.16 Å². The fourth-order valence-corrected chi connectivity index (χ4v) is 0.0552. The Balaban J connectivity index is -0.000000125. The van der Waals surface area contributed by atoms with Gasteiger partial charge in [-0.25, -0.2) is 4.79 Å². The Bertz CT molecular complexity index is 56.0. The molecule has 0 atom stereocenters. The summed E-state index contributed by atoms with van der Waals surface area (Å²) in [7, 11) is 0. The van der Waals surface area contributed by atoms with Crippen LogP contribution in [0.5, 0.6) is 0 Å². The van der Waals surface area contributed by atoms with Crippen molar-refractivity contribution in [3.05, 3.63) is 0 Å². The molecule has 0 aliphatic heterocycles. The van der Waals surface area contributed by atoms with Crippen LogP contribution in [0.1, 0.15) is 0 Å². The van der Waals surface area contributed by atoms with E-state index in [9.17, 15) is 4.79 Å². The predicted molar refractivity (Wildman–Crippen MR) is 16.2 cm³/mol. The van der Waals surface area contributed by atoms with Crippen molar-refractivity contribution in [2.24, 2.45) is 0 Å². The number of aliphatic hydroxyl groups excluding tert-OH is 1. The quantitative estimate of drug-likeness (QED) is 0.503. The summed E-state index contributed by atoms with van der Waals surface area (Å²) in [6.45, 7) is -0.769. The Kier molecular flexibility index (Phi) is 22.8. The molecular formula is C2H4O4Y2. The average Bonchev–Trinajstić information content (AvgIpc) is 1.35. The van der Waals surface area contributed by atoms with E-state index in [1.54, 1.807) is 0 Å². The van der Waals surface area contributed by atoms with Crippen LogP contribution in [0.2, 0.25) is 0 Å². The van der Waals surface area contributed by atoms with Crippen LogP contribution in [-0.2, 0) is 70.2 Å². The summed E-state index contributed by atoms with van der Waals surface area (Å²) in [5, 5.41) is 15.2. The summed E-state index contributed by atoms with van der Waals surface area (Å²) >= 11 is 0. The molecule has 6 heteroatoms. The maximum absolute atomic E-state index is 9.22. The van der Waals surface area contributed by atoms with Crippen LogP contribution in [0.3, 0.4) is 0 Å². The number of hydrogen-bond acceptors (Lipinski definition) is 3. The third kappa shape index (κ3) is 15.7. The van der Waals surface area contributed by atoms with E-state index in [1.807, 2.05) is 0 Å². The predicted octanol–water partition coefficient (Wildman–Crippen LogP) is -0.374. The molecule has 0 saturated heterocycles. The number of hydrogen-bond donors (Lipinski definition) is 2. The summed E-state index contributed by atoms with van der Waals surface area (Å²) in [4.78, 5) is 9.22. The van der Waals surface area contributed by atoms with Crippen molar-refractivity contribution in [1.29, 1.82) is 0 Å². The van der Waals surface area contributed by atoms with Crippen LogP contribution in [0.4, 0.5) is 4.79 Å². The number of ether oxygens (including phenoxy) is 1. The topological polar surface area (TPSA) is 66.8 Å². The van der Waals surface area contributed by atoms with Gasteiger partial charge in [-0.2, -0.15) is 0 Å². The molecule has 0 saturated carbocycles. The third-order valence-corrected chi connectivity index (χ3v) is 0.188. The third-order valence-electron chi connectivity index (χ3n) is 0.188. The molecular weight excluding hydrogens is 266 g/mol. The van der Waals surface area contributed by atoms with Crippen molar-refractivity contribution in [3.8, 4) is 0 Å². The summed E-state index contributed by atoms with van der Waals surface area (Å²) in [5.41, 5.74) is 0. The molecule has 0 spiro atoms. The van der Waals surface area contributed by atoms with Crippen LogP contribution in [0.15, 0.2) is 0 Å². The first-order valence-electron chi connectivity index (χ1n) is 1.24. The van der Waals surface area contributed by atoms with Gasteiger partial charge in [0.1, 0.15) is 0 Å². The van der Waals surface area contributed by atoms with Gasteiger partial charge in [0, 0.05) is 65.4 Å². The minimum absolute atomic E-state index is 0. The van der Waals surface area contributed by atoms with E-state index in [0.717, 1.165) is 0 Å². The van der Waals surface area contributed by atoms with E-state index in [-0.39, 0.29) is 65.4 Å². The zero-order valence-corrected chi connectivity index (χ0v) is 9.75. The fraction of sp³-hybridized carbons (Fsp3) is 0.500. The van der Waals surface area contributed by atoms with Crippen LogP contribution in [-0.4, -0.2) is 23.2 Å². The molecule has 0 unspecified atom stereocenters. The molecule has 2 radical (unpaired) electrons. The van der Waals surface area contributed by atoms with Crippen LogP contribution in [0, 0.1) is 0 Å². The molecule has 0 rings (SSSR count). The second-order valence-corrected chi connectivity index (χ2v) is 0.539. The number of rotatable bonds is 1. The van der Waals surface area contributed by atoms with Gasteiger partial charge in [0.25, 0.3) is 0 Å². The van der Waals surface area contributed by atoms with Crippen LogP contribution >= 0.6 is 0 Å². The molecule has 0 aliphatic carbocycles. The van der Waals surface area contributed by atoms with Gasteiger partial charge in [-0.05, 0) is 0 Å². The first kappa shape index (κ1) is 16.2. The number of carboxylic acid groups (broad SMARTS) is 1. The van der Waals surface area contributed by atoms with Crippen molar-refractivity contribution in [3.63, 3.8) is 0 Å². The number of carbonyl (C=O) groups is 1. The summed E-state index contributed by atoms with van der Waals surface area (Å²) in [6, 6.07) is 0. The molecule has 0 aromatic heterocycles. The standard InChI is InChI=1S/C2H4O4.2Y/c3-1-6-2(4)5;;/h3H,1H2,(H,4,5);;. The molecule has 0 aliphatic rings. The molecule has 0 aromatic rings. The first-order valence-corrected chi connectivity index (χ1v) is 1.24. The largest absolute Gasteiger partial charge is 0.507 e. The Morgan fingerprint density at radius 3 is 1.88 bits per heavy atom. The summed E-state index contributed by atoms with van der Waals surface area (Å²) in [6.07, 6.45) is -1.46. The van der Waals surface area contributed by atoms with E-state index in [1.165, 1.54) is 0 Å². The zero-order valence-electron chi connectivity index (χ0n) is 4.07. The molecule has 0 bridgehead atoms. The van der Waals surface area contributed by atoms with Gasteiger partial charge < -0.3 is 14.9 Å². The first-order chi connectivity index (χ1) is 2.77. The monoisotopic (exact) mass is 270 g/mol. The normalized spacial score (nSPS) is 5.62. The van der Waals surface area contributed by atoms with Crippen molar-refractivity contribution in [2.45, 2.75) is 0 Å². The van der Waals surface area contributed by atoms with E-state index in [0.29, 0.717) is 0 Å². The van der Waals surface area contributed by atoms with Crippen LogP contribution in [0.25, 0.3) is 0 Å². The fourth-order valence-electron chi connectivity index (χ4n) is 0.0552. The molecule has 0 fully saturated rings. The molecule has 2 N–H and O–H groups in total. The van der Waals surface area contributed by atoms with E-state index in [4.69, 9.17) is 10.2 Å². The van der Waals surface area contributed by atoms with Gasteiger partial charge in [-0.3, -0.25) is 0 Å². The zero-order chi connectivity index (χ0) is 4.99. The molecule has 0 amide bonds. The Labute approximate surface area is 96.7 Å². The van der Waals surface area contributed by atoms with E-state index >= 15 is 0 Å². The van der Waals surface area contributed by atoms with E-state index in [2.05, 4.69) is 4.74 Å². The maximum atomic E-state index is 9.22. The minimum Gasteiger partial charge on any atom is -0.450 e. The van der Waals surface area contributed by atoms with Gasteiger partial charge in [-0.15, -0.1) is 0 Å². The van der Waals surface area contributed by atoms with E-state index < -0.39 is 12.9 Å². The molecule has 42 valence electrons. The summed E-state index contributed by atoms with van der Waals surface area (Å²) in [5.74, 6) is 0. The molecule has 0 aromatic carbocycles. The van der Waals surface area contributed by atoms with Crippen LogP contribution < -0.4 is 0 Å². The van der Waals surface area contributed by atoms with Gasteiger partial charge in [0.05, 0.1) is 0 Å². The smallest absolute Gasteiger partial charge is 0.450 e. The molecule has 4 nitrogen and oxygen atoms in total. The molecule has 8 heavy (non-hydrogen) atoms. The second kappa shape index (κ2) is 11.3. The number of aliphatic hydroxyl groups is 1. The Morgan fingerprint density at radius 2 is 1.88 bits per heavy atom. The molecule has 0 heterocycles. The SMILES string of the molecule is O=C(O)OCO.[Y].[Y]. The van der Waals surface area contributed by atoms with Gasteiger partial charge in [0.15, 0.2) is 6.79 Å². The van der Waals surface area contributed by atoms with Crippen molar-refractivity contribution < 1.29 is 85.2 Å². The van der Waals surface area contributed by atoms with Crippen molar-refractivity contribution in [1.82, 2.24) is 0 Å². The minimum atomic E-state index is -1.46. The second-order valence-electron chi connectivity index (χ2n) is 0.539. The maximum Gasteiger partial charge on any atom is 0.507 e. The average molecular weight is 270 g/mol. The van der Waals surface area contributed by atoms with Crippen molar-refractivity contribution >= 4 is 6.16 Å². The van der Waals surface area contributed by atoms with Gasteiger partial charge in [-0.1, -0.05) is 0 Å². The Hall–Kier alpha value is 1.44. The summed E-state index contributed by atoms with van der Waals surface area (Å²) < 4.78 is 3.51.